The number of ether oxygens (including phenoxy) is 1. The van der Waals surface area contributed by atoms with E-state index in [4.69, 9.17) is 4.74 Å². The number of esters is 1. The zero-order valence-electron chi connectivity index (χ0n) is 14.8. The van der Waals surface area contributed by atoms with Crippen LogP contribution >= 0.6 is 0 Å². The number of carboxylic acid groups (broad SMARTS) is 1. The molecule has 0 saturated heterocycles. The normalized spacial score (nSPS) is 14.4. The smallest absolute Gasteiger partial charge is 0.323 e. The first-order valence-electron chi connectivity index (χ1n) is 8.89. The lowest BCUT2D eigenvalue weighted by Crippen LogP contribution is -2.32. The summed E-state index contributed by atoms with van der Waals surface area (Å²) < 4.78 is 20.5. The standard InChI is InChI=1S/C19H23FN2O4/c1-2-26-19(25)4-3-8-21-9-7-17-15(11-21)14-10-13(20)5-6-16(14)22(17)12-18(23)24/h5-6,10H,2-4,7-9,11-12H2,1H3,(H,23,24). The molecule has 0 fully saturated rings. The summed E-state index contributed by atoms with van der Waals surface area (Å²) in [6.45, 7) is 4.22. The van der Waals surface area contributed by atoms with Crippen LogP contribution in [0.25, 0.3) is 10.9 Å². The minimum Gasteiger partial charge on any atom is -0.480 e. The van der Waals surface area contributed by atoms with E-state index in [0.717, 1.165) is 35.2 Å². The molecule has 0 aliphatic carbocycles. The fourth-order valence-corrected chi connectivity index (χ4v) is 3.66. The summed E-state index contributed by atoms with van der Waals surface area (Å²) in [6.07, 6.45) is 1.79. The maximum absolute atomic E-state index is 13.7. The number of aromatic nitrogens is 1. The largest absolute Gasteiger partial charge is 0.480 e. The van der Waals surface area contributed by atoms with Crippen molar-refractivity contribution >= 4 is 22.8 Å². The van der Waals surface area contributed by atoms with E-state index < -0.39 is 5.97 Å². The zero-order chi connectivity index (χ0) is 18.7. The molecule has 1 aliphatic rings. The van der Waals surface area contributed by atoms with Gasteiger partial charge < -0.3 is 14.4 Å². The van der Waals surface area contributed by atoms with Gasteiger partial charge in [-0.3, -0.25) is 14.5 Å². The number of halogens is 1. The molecule has 1 aromatic carbocycles. The number of carboxylic acids is 1. The van der Waals surface area contributed by atoms with Crippen LogP contribution in [0.3, 0.4) is 0 Å². The van der Waals surface area contributed by atoms with Crippen LogP contribution in [-0.4, -0.2) is 46.2 Å². The highest BCUT2D eigenvalue weighted by atomic mass is 19.1. The fourth-order valence-electron chi connectivity index (χ4n) is 3.66. The highest BCUT2D eigenvalue weighted by Crippen LogP contribution is 2.31. The molecular formula is C19H23FN2O4. The first-order valence-corrected chi connectivity index (χ1v) is 8.89. The number of benzene rings is 1. The van der Waals surface area contributed by atoms with E-state index in [9.17, 15) is 19.1 Å². The lowest BCUT2D eigenvalue weighted by molar-refractivity contribution is -0.143. The van der Waals surface area contributed by atoms with Gasteiger partial charge in [-0.2, -0.15) is 0 Å². The maximum Gasteiger partial charge on any atom is 0.323 e. The maximum atomic E-state index is 13.7. The van der Waals surface area contributed by atoms with Crippen LogP contribution in [0.15, 0.2) is 18.2 Å². The van der Waals surface area contributed by atoms with Gasteiger partial charge >= 0.3 is 11.9 Å². The van der Waals surface area contributed by atoms with Crippen LogP contribution in [0.4, 0.5) is 4.39 Å². The number of carbonyl (C=O) groups excluding carboxylic acids is 1. The Morgan fingerprint density at radius 2 is 2.15 bits per heavy atom. The van der Waals surface area contributed by atoms with Crippen molar-refractivity contribution in [3.63, 3.8) is 0 Å². The summed E-state index contributed by atoms with van der Waals surface area (Å²) in [7, 11) is 0. The van der Waals surface area contributed by atoms with Gasteiger partial charge in [0.1, 0.15) is 12.4 Å². The molecule has 2 aromatic rings. The first-order chi connectivity index (χ1) is 12.5. The lowest BCUT2D eigenvalue weighted by atomic mass is 10.0. The third kappa shape index (κ3) is 3.88. The SMILES string of the molecule is CCOC(=O)CCCN1CCc2c(c3cc(F)ccc3n2CC(=O)O)C1. The van der Waals surface area contributed by atoms with Crippen LogP contribution < -0.4 is 0 Å². The molecule has 26 heavy (non-hydrogen) atoms. The second-order valence-corrected chi connectivity index (χ2v) is 6.50. The van der Waals surface area contributed by atoms with E-state index in [1.54, 1.807) is 17.6 Å². The number of aliphatic carboxylic acids is 1. The molecule has 0 amide bonds. The average molecular weight is 362 g/mol. The molecule has 1 aliphatic heterocycles. The van der Waals surface area contributed by atoms with Gasteiger partial charge in [-0.25, -0.2) is 4.39 Å². The summed E-state index contributed by atoms with van der Waals surface area (Å²) in [4.78, 5) is 24.9. The number of hydrogen-bond donors (Lipinski definition) is 1. The molecule has 6 nitrogen and oxygen atoms in total. The summed E-state index contributed by atoms with van der Waals surface area (Å²) >= 11 is 0. The quantitative estimate of drug-likeness (QED) is 0.767. The molecule has 0 atom stereocenters. The Morgan fingerprint density at radius 3 is 2.88 bits per heavy atom. The number of fused-ring (bicyclic) bond motifs is 3. The topological polar surface area (TPSA) is 71.8 Å². The summed E-state index contributed by atoms with van der Waals surface area (Å²) in [6, 6.07) is 4.49. The molecule has 7 heteroatoms. The second-order valence-electron chi connectivity index (χ2n) is 6.50. The van der Waals surface area contributed by atoms with E-state index in [-0.39, 0.29) is 18.3 Å². The van der Waals surface area contributed by atoms with E-state index >= 15 is 0 Å². The van der Waals surface area contributed by atoms with Gasteiger partial charge in [0.15, 0.2) is 0 Å². The Balaban J connectivity index is 1.79. The van der Waals surface area contributed by atoms with Crippen molar-refractivity contribution in [3.8, 4) is 0 Å². The van der Waals surface area contributed by atoms with Crippen molar-refractivity contribution in [2.75, 3.05) is 19.7 Å². The molecule has 140 valence electrons. The molecule has 0 unspecified atom stereocenters. The van der Waals surface area contributed by atoms with E-state index in [1.807, 2.05) is 0 Å². The Hall–Kier alpha value is -2.41. The van der Waals surface area contributed by atoms with Crippen LogP contribution in [0.5, 0.6) is 0 Å². The molecule has 2 heterocycles. The lowest BCUT2D eigenvalue weighted by Gasteiger charge is -2.28. The molecule has 0 saturated carbocycles. The monoisotopic (exact) mass is 362 g/mol. The van der Waals surface area contributed by atoms with Gasteiger partial charge in [-0.05, 0) is 43.7 Å². The Kier molecular flexibility index (Phi) is 5.56. The van der Waals surface area contributed by atoms with Crippen LogP contribution in [-0.2, 0) is 33.8 Å². The average Bonchev–Trinajstić information content (AvgIpc) is 2.87. The van der Waals surface area contributed by atoms with Gasteiger partial charge in [-0.1, -0.05) is 0 Å². The van der Waals surface area contributed by atoms with Crippen LogP contribution in [0.1, 0.15) is 31.0 Å². The van der Waals surface area contributed by atoms with Crippen LogP contribution in [0, 0.1) is 5.82 Å². The minimum absolute atomic E-state index is 0.125. The molecular weight excluding hydrogens is 339 g/mol. The molecule has 3 rings (SSSR count). The van der Waals surface area contributed by atoms with Crippen molar-refractivity contribution in [1.29, 1.82) is 0 Å². The second kappa shape index (κ2) is 7.86. The molecule has 1 N–H and O–H groups in total. The van der Waals surface area contributed by atoms with Gasteiger partial charge in [0.2, 0.25) is 0 Å². The Labute approximate surface area is 151 Å². The van der Waals surface area contributed by atoms with Gasteiger partial charge in [-0.15, -0.1) is 0 Å². The minimum atomic E-state index is -0.911. The number of rotatable bonds is 7. The number of carbonyl (C=O) groups is 2. The molecule has 1 aromatic heterocycles. The molecule has 0 bridgehead atoms. The molecule has 0 spiro atoms. The van der Waals surface area contributed by atoms with Crippen molar-refractivity contribution < 1.29 is 23.8 Å². The van der Waals surface area contributed by atoms with Crippen molar-refractivity contribution in [3.05, 3.63) is 35.3 Å². The Morgan fingerprint density at radius 1 is 1.35 bits per heavy atom. The van der Waals surface area contributed by atoms with E-state index in [0.29, 0.717) is 32.4 Å². The third-order valence-electron chi connectivity index (χ3n) is 4.75. The van der Waals surface area contributed by atoms with E-state index in [1.165, 1.54) is 12.1 Å². The van der Waals surface area contributed by atoms with Gasteiger partial charge in [0, 0.05) is 42.5 Å². The van der Waals surface area contributed by atoms with Crippen molar-refractivity contribution in [1.82, 2.24) is 9.47 Å². The molecule has 0 radical (unpaired) electrons. The number of nitrogens with zero attached hydrogens (tertiary/aromatic N) is 2. The van der Waals surface area contributed by atoms with E-state index in [2.05, 4.69) is 4.90 Å². The summed E-state index contributed by atoms with van der Waals surface area (Å²) in [5.74, 6) is -1.43. The van der Waals surface area contributed by atoms with Crippen molar-refractivity contribution in [2.24, 2.45) is 0 Å². The van der Waals surface area contributed by atoms with Crippen LogP contribution in [0.2, 0.25) is 0 Å². The zero-order valence-corrected chi connectivity index (χ0v) is 14.8. The third-order valence-corrected chi connectivity index (χ3v) is 4.75. The Bertz CT molecular complexity index is 831. The van der Waals surface area contributed by atoms with Gasteiger partial charge in [0.05, 0.1) is 6.61 Å². The highest BCUT2D eigenvalue weighted by Gasteiger charge is 2.25. The summed E-state index contributed by atoms with van der Waals surface area (Å²) in [5.41, 5.74) is 2.71. The summed E-state index contributed by atoms with van der Waals surface area (Å²) in [5, 5.41) is 9.99. The first kappa shape index (κ1) is 18.4. The van der Waals surface area contributed by atoms with Crippen molar-refractivity contribution in [2.45, 2.75) is 39.3 Å². The van der Waals surface area contributed by atoms with Gasteiger partial charge in [0.25, 0.3) is 0 Å². The highest BCUT2D eigenvalue weighted by molar-refractivity contribution is 5.87. The number of hydrogen-bond acceptors (Lipinski definition) is 4. The fraction of sp³-hybridized carbons (Fsp3) is 0.474. The predicted octanol–water partition coefficient (Wildman–Crippen LogP) is 2.57. The predicted molar refractivity (Wildman–Crippen MR) is 94.4 cm³/mol.